The van der Waals surface area contributed by atoms with Crippen LogP contribution in [-0.4, -0.2) is 48.8 Å². The van der Waals surface area contributed by atoms with E-state index >= 15 is 0 Å². The van der Waals surface area contributed by atoms with Gasteiger partial charge in [-0.1, -0.05) is 33.1 Å². The Morgan fingerprint density at radius 3 is 2.45 bits per heavy atom. The molecule has 1 heterocycles. The average Bonchev–Trinajstić information content (AvgIpc) is 2.41. The Balaban J connectivity index is 1.98. The molecule has 1 atom stereocenters. The van der Waals surface area contributed by atoms with E-state index in [-0.39, 0.29) is 0 Å². The lowest BCUT2D eigenvalue weighted by Gasteiger charge is -2.53. The monoisotopic (exact) mass is 282 g/mol. The predicted molar refractivity (Wildman–Crippen MR) is 85.1 cm³/mol. The van der Waals surface area contributed by atoms with Crippen molar-refractivity contribution in [2.75, 3.05) is 26.2 Å². The van der Waals surface area contributed by atoms with Crippen LogP contribution in [0.4, 0.5) is 0 Å². The lowest BCUT2D eigenvalue weighted by Crippen LogP contribution is -2.66. The van der Waals surface area contributed by atoms with Crippen molar-refractivity contribution in [3.05, 3.63) is 0 Å². The van der Waals surface area contributed by atoms with Gasteiger partial charge in [-0.3, -0.25) is 4.90 Å². The second-order valence-corrected chi connectivity index (χ2v) is 7.38. The minimum absolute atomic E-state index is 0.348. The summed E-state index contributed by atoms with van der Waals surface area (Å²) in [6, 6.07) is 0.640. The van der Waals surface area contributed by atoms with Gasteiger partial charge in [-0.25, -0.2) is 0 Å². The predicted octanol–water partition coefficient (Wildman–Crippen LogP) is 3.04. The van der Waals surface area contributed by atoms with E-state index < -0.39 is 0 Å². The lowest BCUT2D eigenvalue weighted by molar-refractivity contribution is -0.0259. The Hall–Kier alpha value is -0.120. The zero-order valence-electron chi connectivity index (χ0n) is 14.0. The Morgan fingerprint density at radius 1 is 1.15 bits per heavy atom. The number of piperazine rings is 1. The van der Waals surface area contributed by atoms with E-state index in [2.05, 4.69) is 37.9 Å². The highest BCUT2D eigenvalue weighted by atomic mass is 16.5. The highest BCUT2D eigenvalue weighted by molar-refractivity contribution is 5.01. The molecule has 1 spiro atoms. The number of rotatable bonds is 5. The van der Waals surface area contributed by atoms with Gasteiger partial charge < -0.3 is 10.1 Å². The second kappa shape index (κ2) is 7.24. The zero-order valence-corrected chi connectivity index (χ0v) is 14.0. The molecule has 2 aliphatic rings. The topological polar surface area (TPSA) is 24.5 Å². The summed E-state index contributed by atoms with van der Waals surface area (Å²) in [5.74, 6) is 0.712. The number of nitrogens with one attached hydrogen (secondary N) is 1. The fourth-order valence-corrected chi connectivity index (χ4v) is 3.80. The molecule has 118 valence electrons. The van der Waals surface area contributed by atoms with Gasteiger partial charge in [0.25, 0.3) is 0 Å². The van der Waals surface area contributed by atoms with E-state index in [0.717, 1.165) is 13.2 Å². The van der Waals surface area contributed by atoms with Crippen molar-refractivity contribution in [1.82, 2.24) is 10.2 Å². The molecule has 0 aromatic carbocycles. The molecular weight excluding hydrogens is 248 g/mol. The van der Waals surface area contributed by atoms with Crippen LogP contribution in [0.3, 0.4) is 0 Å². The SMILES string of the molecule is CC(C)OCCN1CC(C(C)C)NCC12CCCCC2. The molecule has 1 unspecified atom stereocenters. The molecule has 1 aliphatic heterocycles. The normalized spacial score (nSPS) is 27.6. The van der Waals surface area contributed by atoms with Crippen LogP contribution in [0.2, 0.25) is 0 Å². The molecule has 0 amide bonds. The minimum Gasteiger partial charge on any atom is -0.377 e. The molecular formula is C17H34N2O. The zero-order chi connectivity index (χ0) is 14.6. The number of ether oxygens (including phenoxy) is 1. The Morgan fingerprint density at radius 2 is 1.85 bits per heavy atom. The minimum atomic E-state index is 0.348. The third-order valence-electron chi connectivity index (χ3n) is 5.18. The van der Waals surface area contributed by atoms with Gasteiger partial charge in [0.05, 0.1) is 12.7 Å². The molecule has 20 heavy (non-hydrogen) atoms. The molecule has 1 saturated heterocycles. The van der Waals surface area contributed by atoms with Crippen LogP contribution in [0.15, 0.2) is 0 Å². The van der Waals surface area contributed by atoms with Gasteiger partial charge >= 0.3 is 0 Å². The first-order valence-electron chi connectivity index (χ1n) is 8.63. The molecule has 2 fully saturated rings. The van der Waals surface area contributed by atoms with Crippen LogP contribution in [0.5, 0.6) is 0 Å². The molecule has 3 heteroatoms. The van der Waals surface area contributed by atoms with Crippen molar-refractivity contribution in [3.8, 4) is 0 Å². The van der Waals surface area contributed by atoms with Gasteiger partial charge in [-0.15, -0.1) is 0 Å². The van der Waals surface area contributed by atoms with Crippen molar-refractivity contribution in [2.45, 2.75) is 77.5 Å². The van der Waals surface area contributed by atoms with Gasteiger partial charge in [0.15, 0.2) is 0 Å². The van der Waals surface area contributed by atoms with Gasteiger partial charge in [-0.05, 0) is 32.6 Å². The second-order valence-electron chi connectivity index (χ2n) is 7.38. The molecule has 0 radical (unpaired) electrons. The standard InChI is InChI=1S/C17H34N2O/c1-14(2)16-12-19(10-11-20-15(3)4)17(13-18-16)8-6-5-7-9-17/h14-16,18H,5-13H2,1-4H3. The third-order valence-corrected chi connectivity index (χ3v) is 5.18. The first-order chi connectivity index (χ1) is 9.53. The van der Waals surface area contributed by atoms with Crippen LogP contribution < -0.4 is 5.32 Å². The summed E-state index contributed by atoms with van der Waals surface area (Å²) in [6.07, 6.45) is 7.30. The van der Waals surface area contributed by atoms with Crippen molar-refractivity contribution in [1.29, 1.82) is 0 Å². The molecule has 1 aliphatic carbocycles. The molecule has 0 aromatic rings. The quantitative estimate of drug-likeness (QED) is 0.839. The van der Waals surface area contributed by atoms with Crippen LogP contribution in [0.1, 0.15) is 59.8 Å². The highest BCUT2D eigenvalue weighted by Gasteiger charge is 2.42. The summed E-state index contributed by atoms with van der Waals surface area (Å²) in [5.41, 5.74) is 0.421. The number of nitrogens with zero attached hydrogens (tertiary/aromatic N) is 1. The van der Waals surface area contributed by atoms with Gasteiger partial charge in [0.2, 0.25) is 0 Å². The van der Waals surface area contributed by atoms with E-state index in [1.165, 1.54) is 45.2 Å². The summed E-state index contributed by atoms with van der Waals surface area (Å²) >= 11 is 0. The number of hydrogen-bond donors (Lipinski definition) is 1. The van der Waals surface area contributed by atoms with E-state index in [9.17, 15) is 0 Å². The largest absolute Gasteiger partial charge is 0.377 e. The maximum Gasteiger partial charge on any atom is 0.0597 e. The highest BCUT2D eigenvalue weighted by Crippen LogP contribution is 2.35. The molecule has 0 aromatic heterocycles. The molecule has 1 saturated carbocycles. The van der Waals surface area contributed by atoms with Crippen LogP contribution in [0, 0.1) is 5.92 Å². The molecule has 0 bridgehead atoms. The van der Waals surface area contributed by atoms with Crippen molar-refractivity contribution < 1.29 is 4.74 Å². The smallest absolute Gasteiger partial charge is 0.0597 e. The first-order valence-corrected chi connectivity index (χ1v) is 8.63. The van der Waals surface area contributed by atoms with Crippen molar-refractivity contribution >= 4 is 0 Å². The van der Waals surface area contributed by atoms with Gasteiger partial charge in [-0.2, -0.15) is 0 Å². The van der Waals surface area contributed by atoms with Crippen molar-refractivity contribution in [3.63, 3.8) is 0 Å². The summed E-state index contributed by atoms with van der Waals surface area (Å²) in [7, 11) is 0. The average molecular weight is 282 g/mol. The lowest BCUT2D eigenvalue weighted by atomic mass is 9.77. The molecule has 2 rings (SSSR count). The summed E-state index contributed by atoms with van der Waals surface area (Å²) in [5, 5.41) is 3.83. The Labute approximate surface area is 125 Å². The fourth-order valence-electron chi connectivity index (χ4n) is 3.80. The van der Waals surface area contributed by atoms with E-state index in [1.807, 2.05) is 0 Å². The summed E-state index contributed by atoms with van der Waals surface area (Å²) in [4.78, 5) is 2.76. The van der Waals surface area contributed by atoms with Gasteiger partial charge in [0, 0.05) is 31.2 Å². The third kappa shape index (κ3) is 3.96. The van der Waals surface area contributed by atoms with Crippen LogP contribution in [-0.2, 0) is 4.74 Å². The summed E-state index contributed by atoms with van der Waals surface area (Å²) in [6.45, 7) is 13.3. The summed E-state index contributed by atoms with van der Waals surface area (Å²) < 4.78 is 5.81. The van der Waals surface area contributed by atoms with Crippen LogP contribution in [0.25, 0.3) is 0 Å². The van der Waals surface area contributed by atoms with E-state index in [0.29, 0.717) is 23.6 Å². The Kier molecular flexibility index (Phi) is 5.88. The number of hydrogen-bond acceptors (Lipinski definition) is 3. The maximum absolute atomic E-state index is 5.81. The van der Waals surface area contributed by atoms with E-state index in [4.69, 9.17) is 4.74 Å². The maximum atomic E-state index is 5.81. The first kappa shape index (κ1) is 16.3. The van der Waals surface area contributed by atoms with Crippen LogP contribution >= 0.6 is 0 Å². The van der Waals surface area contributed by atoms with E-state index in [1.54, 1.807) is 0 Å². The Bertz CT molecular complexity index is 285. The van der Waals surface area contributed by atoms with Crippen molar-refractivity contribution in [2.24, 2.45) is 5.92 Å². The van der Waals surface area contributed by atoms with Gasteiger partial charge in [0.1, 0.15) is 0 Å². The molecule has 3 nitrogen and oxygen atoms in total. The fraction of sp³-hybridized carbons (Fsp3) is 1.00. The molecule has 1 N–H and O–H groups in total.